The van der Waals surface area contributed by atoms with Crippen molar-refractivity contribution in [3.8, 4) is 0 Å². The number of hydrogen-bond acceptors (Lipinski definition) is 9. The van der Waals surface area contributed by atoms with Gasteiger partial charge in [-0.3, -0.25) is 4.79 Å². The van der Waals surface area contributed by atoms with E-state index < -0.39 is 22.8 Å². The van der Waals surface area contributed by atoms with Gasteiger partial charge in [-0.25, -0.2) is 19.5 Å². The number of carbonyl (C=O) groups excluding carboxylic acids is 3. The number of anilines is 4. The smallest absolute Gasteiger partial charge is 0.420 e. The van der Waals surface area contributed by atoms with Gasteiger partial charge in [0, 0.05) is 48.1 Å². The average molecular weight is 705 g/mol. The van der Waals surface area contributed by atoms with Crippen molar-refractivity contribution in [2.75, 3.05) is 42.7 Å². The molecule has 1 aliphatic heterocycles. The Morgan fingerprint density at radius 1 is 1.06 bits per heavy atom. The predicted octanol–water partition coefficient (Wildman–Crippen LogP) is 7.57. The van der Waals surface area contributed by atoms with Crippen molar-refractivity contribution < 1.29 is 23.9 Å². The van der Waals surface area contributed by atoms with Crippen LogP contribution in [0.25, 0.3) is 5.65 Å². The van der Waals surface area contributed by atoms with Crippen molar-refractivity contribution in [3.05, 3.63) is 54.2 Å². The quantitative estimate of drug-likeness (QED) is 0.216. The largest absolute Gasteiger partial charge is 0.444 e. The van der Waals surface area contributed by atoms with Crippen LogP contribution in [0, 0.1) is 0 Å². The van der Waals surface area contributed by atoms with Crippen LogP contribution in [0.3, 0.4) is 0 Å². The maximum atomic E-state index is 14.1. The van der Waals surface area contributed by atoms with Crippen LogP contribution < -0.4 is 15.5 Å². The molecule has 278 valence electrons. The number of fused-ring (bicyclic) bond motifs is 1. The van der Waals surface area contributed by atoms with Gasteiger partial charge >= 0.3 is 12.2 Å². The molecule has 1 atom stereocenters. The van der Waals surface area contributed by atoms with E-state index in [4.69, 9.17) is 14.5 Å². The van der Waals surface area contributed by atoms with Crippen LogP contribution >= 0.6 is 0 Å². The molecule has 1 fully saturated rings. The zero-order chi connectivity index (χ0) is 37.9. The zero-order valence-corrected chi connectivity index (χ0v) is 32.3. The fourth-order valence-electron chi connectivity index (χ4n) is 5.71. The van der Waals surface area contributed by atoms with E-state index in [1.807, 2.05) is 53.6 Å². The molecule has 2 N–H and O–H groups in total. The Kier molecular flexibility index (Phi) is 11.7. The highest BCUT2D eigenvalue weighted by molar-refractivity contribution is 6.01. The second kappa shape index (κ2) is 15.3. The lowest BCUT2D eigenvalue weighted by atomic mass is 9.88. The summed E-state index contributed by atoms with van der Waals surface area (Å²) in [5.74, 6) is 0.696. The van der Waals surface area contributed by atoms with Crippen molar-refractivity contribution in [1.82, 2.24) is 24.4 Å². The molecule has 0 radical (unpaired) electrons. The molecule has 0 aliphatic carbocycles. The van der Waals surface area contributed by atoms with Crippen LogP contribution in [-0.2, 0) is 14.3 Å². The maximum absolute atomic E-state index is 14.1. The molecule has 3 amide bonds. The molecule has 3 heterocycles. The van der Waals surface area contributed by atoms with Gasteiger partial charge in [0.15, 0.2) is 5.65 Å². The fourth-order valence-corrected chi connectivity index (χ4v) is 5.71. The molecule has 1 aromatic carbocycles. The van der Waals surface area contributed by atoms with Crippen LogP contribution in [0.4, 0.5) is 32.6 Å². The van der Waals surface area contributed by atoms with Gasteiger partial charge in [-0.1, -0.05) is 26.0 Å². The maximum Gasteiger partial charge on any atom is 0.420 e. The number of nitrogens with zero attached hydrogens (tertiary/aromatic N) is 6. The number of nitrogens with one attached hydrogen (secondary N) is 2. The van der Waals surface area contributed by atoms with Crippen LogP contribution in [0.15, 0.2) is 48.7 Å². The second-order valence-electron chi connectivity index (χ2n) is 16.3. The first-order valence-electron chi connectivity index (χ1n) is 17.5. The SMILES string of the molecule is CC(C)c1cnn2c(N(C(=O)OC(C)(C)C)c3cccc(NC(=O)C=CCN(C)C)c3)cc(NC3CCC(C)(C)N(C(=O)OC(C)(C)C)C3)nc12. The number of likely N-dealkylation sites (tertiary alicyclic amines) is 1. The van der Waals surface area contributed by atoms with E-state index in [9.17, 15) is 14.4 Å². The second-order valence-corrected chi connectivity index (χ2v) is 16.3. The summed E-state index contributed by atoms with van der Waals surface area (Å²) in [4.78, 5) is 50.4. The highest BCUT2D eigenvalue weighted by Crippen LogP contribution is 2.35. The third-order valence-electron chi connectivity index (χ3n) is 8.22. The number of benzene rings is 1. The summed E-state index contributed by atoms with van der Waals surface area (Å²) in [6, 6.07) is 8.63. The standard InChI is InChI=1S/C38H56N8O5/c1-25(2)29-23-39-46-32(22-30(42-33(29)46)40-27-18-19-38(9,10)44(24-27)34(48)50-36(3,4)5)45(35(49)51-37(6,7)8)28-16-13-15-26(21-28)41-31(47)17-14-20-43(11)12/h13-17,21-23,25,27H,18-20,24H2,1-12H3,(H,40,42)(H,41,47). The predicted molar refractivity (Wildman–Crippen MR) is 202 cm³/mol. The molecule has 3 aromatic rings. The number of likely N-dealkylation sites (N-methyl/N-ethyl adjacent to an activating group) is 1. The summed E-state index contributed by atoms with van der Waals surface area (Å²) in [5, 5.41) is 11.1. The van der Waals surface area contributed by atoms with E-state index in [-0.39, 0.29) is 24.0 Å². The van der Waals surface area contributed by atoms with Crippen LogP contribution in [0.2, 0.25) is 0 Å². The first-order chi connectivity index (χ1) is 23.6. The summed E-state index contributed by atoms with van der Waals surface area (Å²) < 4.78 is 13.4. The average Bonchev–Trinajstić information content (AvgIpc) is 3.41. The Hall–Kier alpha value is -4.65. The van der Waals surface area contributed by atoms with E-state index in [2.05, 4.69) is 29.6 Å². The van der Waals surface area contributed by atoms with E-state index in [1.165, 1.54) is 11.0 Å². The first kappa shape index (κ1) is 39.1. The van der Waals surface area contributed by atoms with Crippen LogP contribution in [-0.4, -0.2) is 92.5 Å². The molecule has 1 unspecified atom stereocenters. The summed E-state index contributed by atoms with van der Waals surface area (Å²) >= 11 is 0. The number of ether oxygens (including phenoxy) is 2. The van der Waals surface area contributed by atoms with Crippen molar-refractivity contribution >= 4 is 46.8 Å². The van der Waals surface area contributed by atoms with Gasteiger partial charge in [-0.05, 0) is 106 Å². The van der Waals surface area contributed by atoms with Gasteiger partial charge in [0.1, 0.15) is 22.8 Å². The molecule has 0 bridgehead atoms. The molecule has 13 heteroatoms. The Balaban J connectivity index is 1.79. The lowest BCUT2D eigenvalue weighted by Crippen LogP contribution is -2.57. The van der Waals surface area contributed by atoms with E-state index in [0.717, 1.165) is 18.4 Å². The highest BCUT2D eigenvalue weighted by atomic mass is 16.6. The zero-order valence-electron chi connectivity index (χ0n) is 32.3. The third kappa shape index (κ3) is 10.4. The number of rotatable bonds is 9. The van der Waals surface area contributed by atoms with Gasteiger partial charge in [-0.2, -0.15) is 9.61 Å². The Morgan fingerprint density at radius 3 is 2.37 bits per heavy atom. The summed E-state index contributed by atoms with van der Waals surface area (Å²) in [5.41, 5.74) is 0.602. The fraction of sp³-hybridized carbons (Fsp3) is 0.553. The minimum atomic E-state index is -0.807. The third-order valence-corrected chi connectivity index (χ3v) is 8.22. The van der Waals surface area contributed by atoms with Crippen LogP contribution in [0.1, 0.15) is 93.6 Å². The molecule has 0 spiro atoms. The minimum absolute atomic E-state index is 0.0882. The number of amides is 3. The van der Waals surface area contributed by atoms with E-state index in [1.54, 1.807) is 72.8 Å². The molecule has 0 saturated carbocycles. The first-order valence-corrected chi connectivity index (χ1v) is 17.5. The van der Waals surface area contributed by atoms with Crippen LogP contribution in [0.5, 0.6) is 0 Å². The molecular weight excluding hydrogens is 648 g/mol. The lowest BCUT2D eigenvalue weighted by molar-refractivity contribution is -0.111. The summed E-state index contributed by atoms with van der Waals surface area (Å²) in [6.45, 7) is 20.2. The summed E-state index contributed by atoms with van der Waals surface area (Å²) in [7, 11) is 3.85. The molecular formula is C38H56N8O5. The molecule has 1 saturated heterocycles. The van der Waals surface area contributed by atoms with E-state index in [0.29, 0.717) is 41.7 Å². The number of piperidine rings is 1. The number of aromatic nitrogens is 3. The molecule has 13 nitrogen and oxygen atoms in total. The van der Waals surface area contributed by atoms with Crippen molar-refractivity contribution in [2.45, 2.75) is 111 Å². The molecule has 2 aromatic heterocycles. The molecule has 51 heavy (non-hydrogen) atoms. The van der Waals surface area contributed by atoms with Gasteiger partial charge in [0.25, 0.3) is 0 Å². The lowest BCUT2D eigenvalue weighted by Gasteiger charge is -2.45. The summed E-state index contributed by atoms with van der Waals surface area (Å²) in [6.07, 6.45) is 5.55. The minimum Gasteiger partial charge on any atom is -0.444 e. The monoisotopic (exact) mass is 704 g/mol. The van der Waals surface area contributed by atoms with Gasteiger partial charge in [0.05, 0.1) is 11.9 Å². The highest BCUT2D eigenvalue weighted by Gasteiger charge is 2.40. The Bertz CT molecular complexity index is 1750. The number of hydrogen-bond donors (Lipinski definition) is 2. The Labute approximate surface area is 302 Å². The number of carbonyl (C=O) groups is 3. The molecule has 4 rings (SSSR count). The Morgan fingerprint density at radius 2 is 1.75 bits per heavy atom. The van der Waals surface area contributed by atoms with Crippen molar-refractivity contribution in [2.24, 2.45) is 0 Å². The normalized spacial score (nSPS) is 16.5. The molecule has 1 aliphatic rings. The van der Waals surface area contributed by atoms with Crippen molar-refractivity contribution in [1.29, 1.82) is 0 Å². The van der Waals surface area contributed by atoms with E-state index >= 15 is 0 Å². The van der Waals surface area contributed by atoms with Crippen molar-refractivity contribution in [3.63, 3.8) is 0 Å². The van der Waals surface area contributed by atoms with Gasteiger partial charge in [-0.15, -0.1) is 0 Å². The van der Waals surface area contributed by atoms with Gasteiger partial charge < -0.3 is 29.9 Å². The van der Waals surface area contributed by atoms with Gasteiger partial charge in [0.2, 0.25) is 5.91 Å². The topological polar surface area (TPSA) is 134 Å².